The Kier molecular flexibility index (Phi) is 7.92. The number of hydrogen-bond acceptors (Lipinski definition) is 7. The lowest BCUT2D eigenvalue weighted by molar-refractivity contribution is -0.917. The number of guanidine groups is 1. The number of alkyl halides is 2. The van der Waals surface area contributed by atoms with Crippen LogP contribution in [-0.4, -0.2) is 50.0 Å². The summed E-state index contributed by atoms with van der Waals surface area (Å²) < 4.78 is 32.7. The number of alkyl carbamates (subject to hydrolysis) is 1. The van der Waals surface area contributed by atoms with Crippen LogP contribution in [0, 0.1) is 5.41 Å². The zero-order valence-electron chi connectivity index (χ0n) is 26.7. The quantitative estimate of drug-likeness (QED) is 0.257. The summed E-state index contributed by atoms with van der Waals surface area (Å²) in [4.78, 5) is 34.5. The molecule has 4 aliphatic rings. The second-order valence-corrected chi connectivity index (χ2v) is 14.2. The van der Waals surface area contributed by atoms with Crippen molar-refractivity contribution in [3.05, 3.63) is 94.4 Å². The molecule has 1 fully saturated rings. The Labute approximate surface area is 281 Å². The molecule has 4 heterocycles. The summed E-state index contributed by atoms with van der Waals surface area (Å²) in [5.74, 6) is -0.0925. The van der Waals surface area contributed by atoms with Gasteiger partial charge in [0.1, 0.15) is 13.2 Å². The van der Waals surface area contributed by atoms with Crippen molar-refractivity contribution < 1.29 is 27.8 Å². The number of hydrogen-bond donors (Lipinski definition) is 3. The molecule has 1 unspecified atom stereocenters. The maximum atomic E-state index is 15.1. The van der Waals surface area contributed by atoms with E-state index in [2.05, 4.69) is 26.8 Å². The lowest BCUT2D eigenvalue weighted by Crippen LogP contribution is -2.62. The molecule has 2 aromatic carbocycles. The molecule has 252 valence electrons. The first-order valence-corrected chi connectivity index (χ1v) is 16.1. The highest BCUT2D eigenvalue weighted by molar-refractivity contribution is 6.31. The Morgan fingerprint density at radius 3 is 2.58 bits per heavy atom. The highest BCUT2D eigenvalue weighted by Gasteiger charge is 2.54. The molecule has 1 saturated carbocycles. The van der Waals surface area contributed by atoms with Gasteiger partial charge in [-0.25, -0.2) is 24.6 Å². The monoisotopic (exact) mass is 679 g/mol. The fraction of sp³-hybridized carbons (Fsp3) is 0.394. The molecule has 48 heavy (non-hydrogen) atoms. The van der Waals surface area contributed by atoms with Gasteiger partial charge >= 0.3 is 12.6 Å². The Hall–Kier alpha value is -4.53. The smallest absolute Gasteiger partial charge is 0.407 e. The van der Waals surface area contributed by atoms with E-state index in [1.54, 1.807) is 41.4 Å². The minimum atomic E-state index is -2.76. The Morgan fingerprint density at radius 1 is 1.21 bits per heavy atom. The van der Waals surface area contributed by atoms with Gasteiger partial charge in [-0.15, -0.1) is 0 Å². The van der Waals surface area contributed by atoms with Crippen LogP contribution in [0.3, 0.4) is 0 Å². The maximum Gasteiger partial charge on any atom is 0.407 e. The van der Waals surface area contributed by atoms with Crippen molar-refractivity contribution in [2.45, 2.75) is 70.8 Å². The molecule has 0 radical (unpaired) electrons. The first-order valence-electron chi connectivity index (χ1n) is 15.7. The van der Waals surface area contributed by atoms with Gasteiger partial charge < -0.3 is 15.5 Å². The first-order chi connectivity index (χ1) is 22.8. The number of rotatable bonds is 7. The van der Waals surface area contributed by atoms with E-state index >= 15 is 4.79 Å². The third-order valence-electron chi connectivity index (χ3n) is 8.78. The SMILES string of the molecule is CC(C)(C)C[C@]1(c2ccc(-c3cnn(C(F)F)c3)cc2)N=C2NN[N+]3(C=C[N-]3)Cc3cc(ccc3Cl)[C@@H](COC(=O)NC3CC3)N2C1=O. The van der Waals surface area contributed by atoms with E-state index in [1.165, 1.54) is 12.4 Å². The van der Waals surface area contributed by atoms with E-state index in [0.717, 1.165) is 18.4 Å². The maximum absolute atomic E-state index is 15.1. The van der Waals surface area contributed by atoms with Crippen LogP contribution >= 0.6 is 11.6 Å². The second-order valence-electron chi connectivity index (χ2n) is 13.8. The average Bonchev–Trinajstić information content (AvgIpc) is 3.60. The fourth-order valence-corrected chi connectivity index (χ4v) is 6.50. The van der Waals surface area contributed by atoms with Crippen LogP contribution < -0.4 is 16.3 Å². The first kappa shape index (κ1) is 32.0. The number of nitrogens with one attached hydrogen (secondary N) is 3. The van der Waals surface area contributed by atoms with Crippen molar-refractivity contribution >= 4 is 29.6 Å². The van der Waals surface area contributed by atoms with Crippen LogP contribution in [0.15, 0.2) is 72.3 Å². The van der Waals surface area contributed by atoms with Gasteiger partial charge in [-0.05, 0) is 53.5 Å². The summed E-state index contributed by atoms with van der Waals surface area (Å²) in [6.45, 7) is 3.56. The van der Waals surface area contributed by atoms with E-state index in [-0.39, 0.29) is 34.6 Å². The molecular weight excluding hydrogens is 644 g/mol. The van der Waals surface area contributed by atoms with E-state index in [9.17, 15) is 13.6 Å². The topological polar surface area (TPSA) is 127 Å². The Balaban J connectivity index is 1.32. The zero-order chi connectivity index (χ0) is 33.8. The van der Waals surface area contributed by atoms with Gasteiger partial charge in [0.05, 0.1) is 18.4 Å². The number of ether oxygens (including phenoxy) is 1. The normalized spacial score (nSPS) is 24.8. The molecule has 1 aliphatic carbocycles. The minimum absolute atomic E-state index is 0.0392. The van der Waals surface area contributed by atoms with E-state index < -0.39 is 24.2 Å². The van der Waals surface area contributed by atoms with Gasteiger partial charge in [0.2, 0.25) is 5.96 Å². The lowest BCUT2D eigenvalue weighted by Gasteiger charge is -2.50. The van der Waals surface area contributed by atoms with Crippen LogP contribution in [0.5, 0.6) is 0 Å². The molecule has 3 aromatic rings. The van der Waals surface area contributed by atoms with Crippen molar-refractivity contribution in [1.29, 1.82) is 0 Å². The Bertz CT molecular complexity index is 1800. The number of carbonyl (C=O) groups excluding carboxylic acids is 2. The fourth-order valence-electron chi connectivity index (χ4n) is 6.33. The number of aromatic nitrogens is 2. The predicted octanol–water partition coefficient (Wildman–Crippen LogP) is 6.17. The predicted molar refractivity (Wildman–Crippen MR) is 173 cm³/mol. The number of carbonyl (C=O) groups is 2. The van der Waals surface area contributed by atoms with Gasteiger partial charge in [-0.3, -0.25) is 9.69 Å². The molecule has 3 N–H and O–H groups in total. The molecule has 1 aromatic heterocycles. The number of aliphatic imine (C=N–C) groups is 1. The van der Waals surface area contributed by atoms with Gasteiger partial charge in [0.25, 0.3) is 5.91 Å². The number of hydrazine groups is 1. The van der Waals surface area contributed by atoms with Crippen molar-refractivity contribution in [3.8, 4) is 11.1 Å². The standard InChI is InChI=1S/C33H36ClF2N9O3/c1-32(2,3)19-33(24-7-4-20(5-8-24)23-15-37-43(16-23)29(35)36)28(46)44-27(18-48-31(47)39-25-9-10-25)21-6-11-26(34)22(14-21)17-45(13-12-38-45)42-41-30(44)40-33/h4-8,11-16,25,27,29,42H,9-10,17-19H2,1-3H3,(H,39,47)(H,40,41)/t27-,33-,45?/m1/s1. The molecule has 3 atom stereocenters. The van der Waals surface area contributed by atoms with Gasteiger partial charge in [0, 0.05) is 28.4 Å². The van der Waals surface area contributed by atoms with E-state index in [1.807, 2.05) is 39.1 Å². The summed E-state index contributed by atoms with van der Waals surface area (Å²) in [5.41, 5.74) is 12.4. The van der Waals surface area contributed by atoms with Crippen molar-refractivity contribution in [3.63, 3.8) is 0 Å². The summed E-state index contributed by atoms with van der Waals surface area (Å²) in [6, 6.07) is 12.0. The van der Waals surface area contributed by atoms with Crippen LogP contribution in [0.1, 0.15) is 69.3 Å². The number of benzene rings is 2. The molecule has 2 amide bonds. The Morgan fingerprint density at radius 2 is 1.96 bits per heavy atom. The van der Waals surface area contributed by atoms with Gasteiger partial charge in [0.15, 0.2) is 5.54 Å². The number of amides is 2. The van der Waals surface area contributed by atoms with E-state index in [4.69, 9.17) is 21.3 Å². The molecular formula is C33H36ClF2N9O3. The number of nitrogens with zero attached hydrogens (tertiary/aromatic N) is 6. The third kappa shape index (κ3) is 6.11. The largest absolute Gasteiger partial charge is 0.462 e. The average molecular weight is 680 g/mol. The number of halogens is 3. The van der Waals surface area contributed by atoms with Crippen molar-refractivity contribution in [2.75, 3.05) is 6.61 Å². The van der Waals surface area contributed by atoms with Crippen LogP contribution in [0.25, 0.3) is 16.6 Å². The molecule has 0 saturated heterocycles. The van der Waals surface area contributed by atoms with Crippen LogP contribution in [0.4, 0.5) is 13.6 Å². The number of fused-ring (bicyclic) bond motifs is 3. The van der Waals surface area contributed by atoms with Crippen molar-refractivity contribution in [2.24, 2.45) is 10.4 Å². The highest BCUT2D eigenvalue weighted by atomic mass is 35.5. The van der Waals surface area contributed by atoms with Crippen molar-refractivity contribution in [1.82, 2.24) is 31.0 Å². The van der Waals surface area contributed by atoms with Crippen LogP contribution in [-0.2, 0) is 21.6 Å². The van der Waals surface area contributed by atoms with Gasteiger partial charge in [-0.2, -0.15) is 13.9 Å². The summed E-state index contributed by atoms with van der Waals surface area (Å²) >= 11 is 6.64. The molecule has 15 heteroatoms. The second kappa shape index (κ2) is 11.9. The minimum Gasteiger partial charge on any atom is -0.462 e. The molecule has 1 spiro atoms. The van der Waals surface area contributed by atoms with Gasteiger partial charge in [-0.1, -0.05) is 74.4 Å². The molecule has 7 rings (SSSR count). The number of quaternary nitrogens is 1. The molecule has 2 bridgehead atoms. The van der Waals surface area contributed by atoms with Crippen LogP contribution in [0.2, 0.25) is 5.02 Å². The molecule has 3 aliphatic heterocycles. The zero-order valence-corrected chi connectivity index (χ0v) is 27.4. The summed E-state index contributed by atoms with van der Waals surface area (Å²) in [6.07, 6.45) is 7.74. The summed E-state index contributed by atoms with van der Waals surface area (Å²) in [5, 5.41) is 7.12. The van der Waals surface area contributed by atoms with E-state index in [0.29, 0.717) is 44.9 Å². The summed E-state index contributed by atoms with van der Waals surface area (Å²) in [7, 11) is 0. The molecule has 12 nitrogen and oxygen atoms in total. The lowest BCUT2D eigenvalue weighted by atomic mass is 9.75. The third-order valence-corrected chi connectivity index (χ3v) is 9.15. The highest BCUT2D eigenvalue weighted by Crippen LogP contribution is 2.46.